The van der Waals surface area contributed by atoms with Gasteiger partial charge in [-0.15, -0.1) is 0 Å². The van der Waals surface area contributed by atoms with Gasteiger partial charge >= 0.3 is 0 Å². The quantitative estimate of drug-likeness (QED) is 0.166. The zero-order valence-corrected chi connectivity index (χ0v) is 29.2. The zero-order valence-electron chi connectivity index (χ0n) is 25.3. The van der Waals surface area contributed by atoms with E-state index in [9.17, 15) is 9.59 Å². The fourth-order valence-corrected chi connectivity index (χ4v) is 7.25. The number of ether oxygens (including phenoxy) is 2. The Kier molecular flexibility index (Phi) is 9.98. The summed E-state index contributed by atoms with van der Waals surface area (Å²) in [7, 11) is 0. The van der Waals surface area contributed by atoms with Gasteiger partial charge in [-0.05, 0) is 95.5 Å². The van der Waals surface area contributed by atoms with Crippen LogP contribution >= 0.6 is 50.5 Å². The molecule has 0 spiro atoms. The lowest BCUT2D eigenvalue weighted by atomic mass is 9.95. The first-order valence-electron chi connectivity index (χ1n) is 14.7. The number of amides is 1. The number of carbonyl (C=O) groups excluding carboxylic acids is 1. The number of aromatic nitrogens is 1. The molecule has 0 aliphatic carbocycles. The van der Waals surface area contributed by atoms with Crippen molar-refractivity contribution in [3.63, 3.8) is 0 Å². The predicted molar refractivity (Wildman–Crippen MR) is 191 cm³/mol. The third-order valence-corrected chi connectivity index (χ3v) is 9.65. The molecule has 1 aliphatic heterocycles. The fraction of sp³-hybridized carbons (Fsp3) is 0.139. The average Bonchev–Trinajstić information content (AvgIpc) is 3.35. The van der Waals surface area contributed by atoms with Crippen molar-refractivity contribution in [2.75, 3.05) is 11.9 Å². The molecule has 6 rings (SSSR count). The Morgan fingerprint density at radius 3 is 2.49 bits per heavy atom. The maximum atomic E-state index is 14.1. The summed E-state index contributed by atoms with van der Waals surface area (Å²) in [5.41, 5.74) is 3.68. The molecule has 1 aromatic heterocycles. The molecular weight excluding hydrogens is 721 g/mol. The van der Waals surface area contributed by atoms with E-state index in [2.05, 4.69) is 21.2 Å². The Labute approximate surface area is 293 Å². The second-order valence-corrected chi connectivity index (χ2v) is 13.3. The number of fused-ring (bicyclic) bond motifs is 1. The Bertz CT molecular complexity index is 2180. The number of para-hydroxylation sites is 1. The van der Waals surface area contributed by atoms with Crippen LogP contribution in [0.5, 0.6) is 11.5 Å². The van der Waals surface area contributed by atoms with Gasteiger partial charge in [0.2, 0.25) is 0 Å². The van der Waals surface area contributed by atoms with Crippen molar-refractivity contribution in [2.24, 2.45) is 4.99 Å². The summed E-state index contributed by atoms with van der Waals surface area (Å²) in [6.45, 7) is 4.50. The predicted octanol–water partition coefficient (Wildman–Crippen LogP) is 7.92. The SMILES string of the molecule is CCOc1ccc([C@H]2C(C(=O)Nc3ccccc3)=C(C)N=c3s/c(=C\c4ccc(OCc5ccc(Cl)cc5Cl)c(Br)c4)c(=O)n32)cc1. The second-order valence-electron chi connectivity index (χ2n) is 10.6. The second kappa shape index (κ2) is 14.3. The highest BCUT2D eigenvalue weighted by Crippen LogP contribution is 2.32. The van der Waals surface area contributed by atoms with Crippen LogP contribution in [0.2, 0.25) is 10.0 Å². The number of halogens is 3. The summed E-state index contributed by atoms with van der Waals surface area (Å²) in [5.74, 6) is 0.994. The summed E-state index contributed by atoms with van der Waals surface area (Å²) < 4.78 is 14.4. The van der Waals surface area contributed by atoms with E-state index in [-0.39, 0.29) is 18.1 Å². The number of benzene rings is 4. The first-order chi connectivity index (χ1) is 22.7. The highest BCUT2D eigenvalue weighted by atomic mass is 79.9. The third kappa shape index (κ3) is 7.23. The molecule has 0 saturated carbocycles. The topological polar surface area (TPSA) is 81.9 Å². The number of nitrogens with one attached hydrogen (secondary N) is 1. The minimum Gasteiger partial charge on any atom is -0.494 e. The highest BCUT2D eigenvalue weighted by molar-refractivity contribution is 9.10. The number of hydrogen-bond acceptors (Lipinski definition) is 6. The lowest BCUT2D eigenvalue weighted by Gasteiger charge is -2.25. The van der Waals surface area contributed by atoms with Crippen molar-refractivity contribution in [1.29, 1.82) is 0 Å². The molecule has 0 radical (unpaired) electrons. The van der Waals surface area contributed by atoms with Gasteiger partial charge in [0.15, 0.2) is 4.80 Å². The highest BCUT2D eigenvalue weighted by Gasteiger charge is 2.32. The Morgan fingerprint density at radius 1 is 1.02 bits per heavy atom. The van der Waals surface area contributed by atoms with Gasteiger partial charge in [-0.2, -0.15) is 0 Å². The standard InChI is InChI=1S/C36H28BrCl2N3O4S/c1-3-45-27-14-11-23(12-15-27)33-32(34(43)41-26-7-5-4-6-8-26)21(2)40-36-42(33)35(44)31(47-36)18-22-9-16-30(28(37)17-22)46-20-24-10-13-25(38)19-29(24)39/h4-19,33H,3,20H2,1-2H3,(H,41,43)/b31-18-/t33-/m0/s1. The number of nitrogens with zero attached hydrogens (tertiary/aromatic N) is 2. The maximum Gasteiger partial charge on any atom is 0.271 e. The number of hydrogen-bond donors (Lipinski definition) is 1. The van der Waals surface area contributed by atoms with Gasteiger partial charge < -0.3 is 14.8 Å². The van der Waals surface area contributed by atoms with E-state index in [1.807, 2.05) is 91.9 Å². The van der Waals surface area contributed by atoms with Gasteiger partial charge in [-0.1, -0.05) is 77.0 Å². The minimum absolute atomic E-state index is 0.251. The number of allylic oxidation sites excluding steroid dienone is 1. The average molecular weight is 750 g/mol. The van der Waals surface area contributed by atoms with Crippen LogP contribution in [0.25, 0.3) is 6.08 Å². The molecule has 2 heterocycles. The van der Waals surface area contributed by atoms with Crippen LogP contribution in [0.3, 0.4) is 0 Å². The monoisotopic (exact) mass is 747 g/mol. The molecule has 5 aromatic rings. The summed E-state index contributed by atoms with van der Waals surface area (Å²) in [5, 5.41) is 4.06. The lowest BCUT2D eigenvalue weighted by Crippen LogP contribution is -2.40. The molecule has 0 unspecified atom stereocenters. The molecular formula is C36H28BrCl2N3O4S. The molecule has 238 valence electrons. The van der Waals surface area contributed by atoms with Gasteiger partial charge in [-0.25, -0.2) is 4.99 Å². The number of anilines is 1. The summed E-state index contributed by atoms with van der Waals surface area (Å²) in [6, 6.07) is 26.8. The minimum atomic E-state index is -0.699. The normalized spacial score (nSPS) is 14.4. The Balaban J connectivity index is 1.36. The van der Waals surface area contributed by atoms with Gasteiger partial charge in [0.25, 0.3) is 11.5 Å². The van der Waals surface area contributed by atoms with Crippen molar-refractivity contribution in [1.82, 2.24) is 4.57 Å². The molecule has 7 nitrogen and oxygen atoms in total. The molecule has 1 atom stereocenters. The molecule has 0 saturated heterocycles. The van der Waals surface area contributed by atoms with Crippen LogP contribution in [-0.2, 0) is 11.4 Å². The van der Waals surface area contributed by atoms with Crippen LogP contribution in [-0.4, -0.2) is 17.1 Å². The van der Waals surface area contributed by atoms with E-state index in [0.29, 0.717) is 58.9 Å². The van der Waals surface area contributed by atoms with Crippen LogP contribution in [0.15, 0.2) is 117 Å². The third-order valence-electron chi connectivity index (χ3n) is 7.46. The van der Waals surface area contributed by atoms with Crippen LogP contribution in [0, 0.1) is 0 Å². The van der Waals surface area contributed by atoms with Crippen molar-refractivity contribution in [2.45, 2.75) is 26.5 Å². The van der Waals surface area contributed by atoms with Crippen molar-refractivity contribution >= 4 is 68.1 Å². The fourth-order valence-electron chi connectivity index (χ4n) is 5.23. The summed E-state index contributed by atoms with van der Waals surface area (Å²) in [4.78, 5) is 33.2. The van der Waals surface area contributed by atoms with Crippen molar-refractivity contribution in [3.05, 3.63) is 153 Å². The molecule has 1 amide bonds. The van der Waals surface area contributed by atoms with E-state index in [1.165, 1.54) is 11.3 Å². The van der Waals surface area contributed by atoms with Gasteiger partial charge in [0, 0.05) is 21.3 Å². The van der Waals surface area contributed by atoms with Crippen molar-refractivity contribution < 1.29 is 14.3 Å². The molecule has 4 aromatic carbocycles. The summed E-state index contributed by atoms with van der Waals surface area (Å²) in [6.07, 6.45) is 1.81. The Hall–Kier alpha value is -4.15. The molecule has 11 heteroatoms. The molecule has 0 bridgehead atoms. The van der Waals surface area contributed by atoms with Crippen LogP contribution in [0.1, 0.15) is 36.6 Å². The number of thiazole rings is 1. The lowest BCUT2D eigenvalue weighted by molar-refractivity contribution is -0.113. The van der Waals surface area contributed by atoms with Crippen molar-refractivity contribution in [3.8, 4) is 11.5 Å². The van der Waals surface area contributed by atoms with Crippen LogP contribution in [0.4, 0.5) is 5.69 Å². The first kappa shape index (κ1) is 32.8. The number of rotatable bonds is 9. The largest absolute Gasteiger partial charge is 0.494 e. The van der Waals surface area contributed by atoms with E-state index in [1.54, 1.807) is 23.6 Å². The molecule has 1 aliphatic rings. The van der Waals surface area contributed by atoms with E-state index < -0.39 is 6.04 Å². The van der Waals surface area contributed by atoms with E-state index in [0.717, 1.165) is 16.7 Å². The summed E-state index contributed by atoms with van der Waals surface area (Å²) >= 11 is 17.2. The number of carbonyl (C=O) groups is 1. The zero-order chi connectivity index (χ0) is 33.1. The van der Waals surface area contributed by atoms with Gasteiger partial charge in [0.1, 0.15) is 18.1 Å². The maximum absolute atomic E-state index is 14.1. The smallest absolute Gasteiger partial charge is 0.271 e. The van der Waals surface area contributed by atoms with Crippen LogP contribution < -0.4 is 29.7 Å². The Morgan fingerprint density at radius 2 is 1.79 bits per heavy atom. The first-order valence-corrected chi connectivity index (χ1v) is 17.1. The molecule has 1 N–H and O–H groups in total. The van der Waals surface area contributed by atoms with Gasteiger partial charge in [-0.3, -0.25) is 14.2 Å². The molecule has 0 fully saturated rings. The van der Waals surface area contributed by atoms with E-state index >= 15 is 0 Å². The molecule has 47 heavy (non-hydrogen) atoms. The van der Waals surface area contributed by atoms with E-state index in [4.69, 9.17) is 37.7 Å². The van der Waals surface area contributed by atoms with Gasteiger partial charge in [0.05, 0.1) is 32.9 Å².